The molecule has 0 bridgehead atoms. The first-order valence-electron chi connectivity index (χ1n) is 7.03. The fourth-order valence-corrected chi connectivity index (χ4v) is 3.61. The van der Waals surface area contributed by atoms with Gasteiger partial charge in [0.25, 0.3) is 0 Å². The highest BCUT2D eigenvalue weighted by molar-refractivity contribution is 9.10. The van der Waals surface area contributed by atoms with E-state index < -0.39 is 0 Å². The number of rotatable bonds is 3. The van der Waals surface area contributed by atoms with E-state index in [1.54, 1.807) is 0 Å². The maximum absolute atomic E-state index is 5.93. The standard InChI is InChI=1S/C15H19BrClNO2/c1-10-9-20-14(6-17)8-18(10)7-12-5-13(16)4-11-2-3-19-15(11)12/h4-5,10,14H,2-3,6-9H2,1H3. The molecule has 0 aromatic heterocycles. The number of nitrogens with zero attached hydrogens (tertiary/aromatic N) is 1. The van der Waals surface area contributed by atoms with E-state index in [1.165, 1.54) is 11.1 Å². The first-order valence-corrected chi connectivity index (χ1v) is 8.36. The largest absolute Gasteiger partial charge is 0.493 e. The molecular formula is C15H19BrClNO2. The number of ether oxygens (including phenoxy) is 2. The molecule has 5 heteroatoms. The molecular weight excluding hydrogens is 342 g/mol. The van der Waals surface area contributed by atoms with Gasteiger partial charge in [-0.2, -0.15) is 0 Å². The second kappa shape index (κ2) is 6.22. The van der Waals surface area contributed by atoms with E-state index in [1.807, 2.05) is 0 Å². The smallest absolute Gasteiger partial charge is 0.127 e. The molecule has 3 rings (SSSR count). The monoisotopic (exact) mass is 359 g/mol. The Labute approximate surface area is 133 Å². The fourth-order valence-electron chi connectivity index (χ4n) is 2.87. The van der Waals surface area contributed by atoms with E-state index >= 15 is 0 Å². The Hall–Kier alpha value is -0.290. The average Bonchev–Trinajstić information content (AvgIpc) is 2.89. The third-order valence-electron chi connectivity index (χ3n) is 4.01. The SMILES string of the molecule is CC1COC(CCl)CN1Cc1cc(Br)cc2c1OCC2. The molecule has 2 unspecified atom stereocenters. The number of hydrogen-bond donors (Lipinski definition) is 0. The molecule has 20 heavy (non-hydrogen) atoms. The van der Waals surface area contributed by atoms with Crippen molar-refractivity contribution >= 4 is 27.5 Å². The predicted octanol–water partition coefficient (Wildman–Crippen LogP) is 3.21. The lowest BCUT2D eigenvalue weighted by atomic mass is 10.1. The highest BCUT2D eigenvalue weighted by Gasteiger charge is 2.27. The van der Waals surface area contributed by atoms with Gasteiger partial charge in [0, 0.05) is 41.5 Å². The van der Waals surface area contributed by atoms with Gasteiger partial charge < -0.3 is 9.47 Å². The van der Waals surface area contributed by atoms with Crippen molar-refractivity contribution in [1.82, 2.24) is 4.90 Å². The van der Waals surface area contributed by atoms with Gasteiger partial charge in [-0.3, -0.25) is 4.90 Å². The van der Waals surface area contributed by atoms with Crippen LogP contribution in [0.5, 0.6) is 5.75 Å². The van der Waals surface area contributed by atoms with Gasteiger partial charge in [-0.1, -0.05) is 15.9 Å². The van der Waals surface area contributed by atoms with E-state index in [0.717, 1.165) is 42.9 Å². The second-order valence-corrected chi connectivity index (χ2v) is 6.76. The number of morpholine rings is 1. The van der Waals surface area contributed by atoms with Crippen molar-refractivity contribution in [2.24, 2.45) is 0 Å². The topological polar surface area (TPSA) is 21.7 Å². The molecule has 0 saturated carbocycles. The Kier molecular flexibility index (Phi) is 4.55. The summed E-state index contributed by atoms with van der Waals surface area (Å²) in [6.07, 6.45) is 1.14. The first kappa shape index (κ1) is 14.6. The number of hydrogen-bond acceptors (Lipinski definition) is 3. The van der Waals surface area contributed by atoms with Crippen molar-refractivity contribution in [2.45, 2.75) is 32.0 Å². The van der Waals surface area contributed by atoms with Crippen molar-refractivity contribution in [3.63, 3.8) is 0 Å². The summed E-state index contributed by atoms with van der Waals surface area (Å²) in [6.45, 7) is 5.51. The van der Waals surface area contributed by atoms with Crippen LogP contribution in [0.4, 0.5) is 0 Å². The van der Waals surface area contributed by atoms with Crippen LogP contribution in [0, 0.1) is 0 Å². The van der Waals surface area contributed by atoms with Gasteiger partial charge in [-0.15, -0.1) is 11.6 Å². The minimum absolute atomic E-state index is 0.133. The summed E-state index contributed by atoms with van der Waals surface area (Å²) >= 11 is 9.53. The summed E-state index contributed by atoms with van der Waals surface area (Å²) in [4.78, 5) is 2.43. The molecule has 1 aromatic carbocycles. The minimum atomic E-state index is 0.133. The summed E-state index contributed by atoms with van der Waals surface area (Å²) in [5, 5.41) is 0. The summed E-state index contributed by atoms with van der Waals surface area (Å²) in [6, 6.07) is 4.74. The zero-order valence-electron chi connectivity index (χ0n) is 11.6. The Morgan fingerprint density at radius 3 is 3.10 bits per heavy atom. The van der Waals surface area contributed by atoms with Crippen molar-refractivity contribution < 1.29 is 9.47 Å². The third kappa shape index (κ3) is 2.98. The first-order chi connectivity index (χ1) is 9.67. The van der Waals surface area contributed by atoms with Gasteiger partial charge in [0.15, 0.2) is 0 Å². The Morgan fingerprint density at radius 2 is 2.30 bits per heavy atom. The van der Waals surface area contributed by atoms with Crippen LogP contribution in [-0.4, -0.2) is 42.7 Å². The van der Waals surface area contributed by atoms with Crippen molar-refractivity contribution in [3.05, 3.63) is 27.7 Å². The Morgan fingerprint density at radius 1 is 1.45 bits per heavy atom. The molecule has 2 atom stereocenters. The highest BCUT2D eigenvalue weighted by Crippen LogP contribution is 2.34. The lowest BCUT2D eigenvalue weighted by Gasteiger charge is -2.37. The minimum Gasteiger partial charge on any atom is -0.493 e. The van der Waals surface area contributed by atoms with E-state index in [4.69, 9.17) is 21.1 Å². The lowest BCUT2D eigenvalue weighted by molar-refractivity contribution is -0.0512. The quantitative estimate of drug-likeness (QED) is 0.773. The van der Waals surface area contributed by atoms with Gasteiger partial charge >= 0.3 is 0 Å². The normalized spacial score (nSPS) is 26.4. The molecule has 0 N–H and O–H groups in total. The van der Waals surface area contributed by atoms with Gasteiger partial charge in [-0.05, 0) is 24.6 Å². The maximum atomic E-state index is 5.93. The highest BCUT2D eigenvalue weighted by atomic mass is 79.9. The van der Waals surface area contributed by atoms with E-state index in [9.17, 15) is 0 Å². The van der Waals surface area contributed by atoms with Gasteiger partial charge in [-0.25, -0.2) is 0 Å². The Balaban J connectivity index is 1.80. The molecule has 0 spiro atoms. The van der Waals surface area contributed by atoms with Gasteiger partial charge in [0.05, 0.1) is 19.3 Å². The zero-order valence-corrected chi connectivity index (χ0v) is 13.9. The summed E-state index contributed by atoms with van der Waals surface area (Å²) < 4.78 is 12.7. The maximum Gasteiger partial charge on any atom is 0.127 e. The van der Waals surface area contributed by atoms with Crippen LogP contribution in [0.1, 0.15) is 18.1 Å². The predicted molar refractivity (Wildman–Crippen MR) is 83.7 cm³/mol. The van der Waals surface area contributed by atoms with E-state index in [2.05, 4.69) is 39.9 Å². The summed E-state index contributed by atoms with van der Waals surface area (Å²) in [5.74, 6) is 1.63. The average molecular weight is 361 g/mol. The third-order valence-corrected chi connectivity index (χ3v) is 4.81. The molecule has 2 aliphatic rings. The van der Waals surface area contributed by atoms with Crippen molar-refractivity contribution in [3.8, 4) is 5.75 Å². The van der Waals surface area contributed by atoms with Gasteiger partial charge in [0.2, 0.25) is 0 Å². The molecule has 2 aliphatic heterocycles. The number of fused-ring (bicyclic) bond motifs is 1. The van der Waals surface area contributed by atoms with Crippen LogP contribution in [0.2, 0.25) is 0 Å². The van der Waals surface area contributed by atoms with E-state index in [0.29, 0.717) is 11.9 Å². The van der Waals surface area contributed by atoms with Crippen LogP contribution < -0.4 is 4.74 Å². The lowest BCUT2D eigenvalue weighted by Crippen LogP contribution is -2.48. The second-order valence-electron chi connectivity index (χ2n) is 5.54. The van der Waals surface area contributed by atoms with E-state index in [-0.39, 0.29) is 6.10 Å². The Bertz CT molecular complexity index is 497. The molecule has 1 saturated heterocycles. The zero-order chi connectivity index (χ0) is 14.1. The molecule has 0 aliphatic carbocycles. The molecule has 110 valence electrons. The summed E-state index contributed by atoms with van der Waals surface area (Å²) in [5.41, 5.74) is 2.57. The molecule has 0 amide bonds. The summed E-state index contributed by atoms with van der Waals surface area (Å²) in [7, 11) is 0. The van der Waals surface area contributed by atoms with Crippen LogP contribution in [0.25, 0.3) is 0 Å². The van der Waals surface area contributed by atoms with Crippen LogP contribution in [-0.2, 0) is 17.7 Å². The van der Waals surface area contributed by atoms with Crippen molar-refractivity contribution in [2.75, 3.05) is 25.6 Å². The van der Waals surface area contributed by atoms with Crippen LogP contribution in [0.15, 0.2) is 16.6 Å². The van der Waals surface area contributed by atoms with Gasteiger partial charge in [0.1, 0.15) is 5.75 Å². The molecule has 3 nitrogen and oxygen atoms in total. The number of alkyl halides is 1. The molecule has 1 fully saturated rings. The van der Waals surface area contributed by atoms with Crippen LogP contribution in [0.3, 0.4) is 0 Å². The molecule has 1 aromatic rings. The molecule has 0 radical (unpaired) electrons. The van der Waals surface area contributed by atoms with Crippen LogP contribution >= 0.6 is 27.5 Å². The van der Waals surface area contributed by atoms with Crippen molar-refractivity contribution in [1.29, 1.82) is 0 Å². The number of benzene rings is 1. The number of halogens is 2. The fraction of sp³-hybridized carbons (Fsp3) is 0.600. The molecule has 2 heterocycles.